The van der Waals surface area contributed by atoms with Crippen LogP contribution >= 0.6 is 0 Å². The lowest BCUT2D eigenvalue weighted by Gasteiger charge is -2.50. The van der Waals surface area contributed by atoms with Gasteiger partial charge in [-0.25, -0.2) is 0 Å². The highest BCUT2D eigenvalue weighted by Crippen LogP contribution is 2.32. The first kappa shape index (κ1) is 9.36. The standard InChI is InChI=1S/C8H15NO4/c10-5-4-2-1-3-8(13,9-4)7(12)6(5)11/h4-7,9-13H,1-3H2. The summed E-state index contributed by atoms with van der Waals surface area (Å²) in [5.74, 6) is 0. The van der Waals surface area contributed by atoms with Gasteiger partial charge in [0.1, 0.15) is 17.9 Å². The van der Waals surface area contributed by atoms with E-state index in [0.717, 1.165) is 6.42 Å². The second kappa shape index (κ2) is 2.90. The maximum absolute atomic E-state index is 9.83. The fourth-order valence-corrected chi connectivity index (χ4v) is 2.25. The lowest BCUT2D eigenvalue weighted by atomic mass is 9.79. The first-order chi connectivity index (χ1) is 6.04. The Hall–Kier alpha value is -0.200. The first-order valence-corrected chi connectivity index (χ1v) is 4.59. The summed E-state index contributed by atoms with van der Waals surface area (Å²) in [7, 11) is 0. The fourth-order valence-electron chi connectivity index (χ4n) is 2.25. The number of piperidine rings is 2. The van der Waals surface area contributed by atoms with E-state index in [1.54, 1.807) is 0 Å². The molecule has 2 heterocycles. The zero-order chi connectivity index (χ0) is 9.64. The Balaban J connectivity index is 2.23. The summed E-state index contributed by atoms with van der Waals surface area (Å²) >= 11 is 0. The molecular formula is C8H15NO4. The summed E-state index contributed by atoms with van der Waals surface area (Å²) in [5, 5.41) is 41.0. The van der Waals surface area contributed by atoms with Crippen LogP contribution in [0.1, 0.15) is 19.3 Å². The minimum absolute atomic E-state index is 0.308. The average Bonchev–Trinajstić information content (AvgIpc) is 2.13. The van der Waals surface area contributed by atoms with Gasteiger partial charge in [-0.15, -0.1) is 0 Å². The van der Waals surface area contributed by atoms with Gasteiger partial charge in [-0.1, -0.05) is 0 Å². The van der Waals surface area contributed by atoms with Crippen LogP contribution in [0.4, 0.5) is 0 Å². The summed E-state index contributed by atoms with van der Waals surface area (Å²) < 4.78 is 0. The molecule has 0 spiro atoms. The number of fused-ring (bicyclic) bond motifs is 2. The molecule has 2 aliphatic heterocycles. The third-order valence-electron chi connectivity index (χ3n) is 3.08. The Morgan fingerprint density at radius 2 is 1.85 bits per heavy atom. The molecule has 2 bridgehead atoms. The summed E-state index contributed by atoms with van der Waals surface area (Å²) in [6, 6.07) is -0.308. The van der Waals surface area contributed by atoms with Crippen LogP contribution in [0, 0.1) is 0 Å². The van der Waals surface area contributed by atoms with Crippen LogP contribution in [-0.4, -0.2) is 50.5 Å². The Kier molecular flexibility index (Phi) is 2.08. The van der Waals surface area contributed by atoms with Gasteiger partial charge in [0.05, 0.1) is 6.10 Å². The molecule has 5 unspecified atom stereocenters. The molecule has 2 saturated heterocycles. The van der Waals surface area contributed by atoms with E-state index in [1.807, 2.05) is 0 Å². The predicted molar refractivity (Wildman–Crippen MR) is 43.7 cm³/mol. The number of nitrogens with one attached hydrogen (secondary N) is 1. The van der Waals surface area contributed by atoms with Gasteiger partial charge in [0.2, 0.25) is 0 Å². The molecule has 0 radical (unpaired) electrons. The van der Waals surface area contributed by atoms with Crippen LogP contribution in [0.2, 0.25) is 0 Å². The summed E-state index contributed by atoms with van der Waals surface area (Å²) in [5.41, 5.74) is -1.42. The van der Waals surface area contributed by atoms with Gasteiger partial charge in [-0.3, -0.25) is 5.32 Å². The molecule has 2 aliphatic rings. The van der Waals surface area contributed by atoms with Crippen molar-refractivity contribution in [2.24, 2.45) is 0 Å². The molecule has 13 heavy (non-hydrogen) atoms. The van der Waals surface area contributed by atoms with Crippen molar-refractivity contribution in [3.05, 3.63) is 0 Å². The molecule has 0 amide bonds. The first-order valence-electron chi connectivity index (χ1n) is 4.59. The van der Waals surface area contributed by atoms with Gasteiger partial charge < -0.3 is 20.4 Å². The van der Waals surface area contributed by atoms with Crippen molar-refractivity contribution >= 4 is 0 Å². The SMILES string of the molecule is OC1C2CCCC(O)(N2)C(O)C1O. The summed E-state index contributed by atoms with van der Waals surface area (Å²) in [6.07, 6.45) is -1.68. The second-order valence-corrected chi connectivity index (χ2v) is 3.99. The van der Waals surface area contributed by atoms with E-state index in [9.17, 15) is 20.4 Å². The lowest BCUT2D eigenvalue weighted by Crippen LogP contribution is -2.73. The van der Waals surface area contributed by atoms with E-state index >= 15 is 0 Å². The largest absolute Gasteiger partial charge is 0.389 e. The van der Waals surface area contributed by atoms with Crippen LogP contribution in [0.15, 0.2) is 0 Å². The molecule has 0 aromatic rings. The molecule has 5 atom stereocenters. The van der Waals surface area contributed by atoms with Gasteiger partial charge in [-0.2, -0.15) is 0 Å². The topological polar surface area (TPSA) is 93.0 Å². The van der Waals surface area contributed by atoms with Crippen LogP contribution < -0.4 is 5.32 Å². The minimum Gasteiger partial charge on any atom is -0.389 e. The van der Waals surface area contributed by atoms with Crippen LogP contribution in [0.5, 0.6) is 0 Å². The molecule has 5 N–H and O–H groups in total. The van der Waals surface area contributed by atoms with E-state index in [0.29, 0.717) is 12.8 Å². The molecule has 2 fully saturated rings. The molecule has 0 aliphatic carbocycles. The molecular weight excluding hydrogens is 174 g/mol. The van der Waals surface area contributed by atoms with Crippen molar-refractivity contribution in [3.8, 4) is 0 Å². The van der Waals surface area contributed by atoms with Crippen LogP contribution in [0.25, 0.3) is 0 Å². The number of aliphatic hydroxyl groups is 4. The third kappa shape index (κ3) is 1.28. The lowest BCUT2D eigenvalue weighted by molar-refractivity contribution is -0.223. The maximum Gasteiger partial charge on any atom is 0.145 e. The minimum atomic E-state index is -1.42. The van der Waals surface area contributed by atoms with E-state index in [2.05, 4.69) is 5.32 Å². The molecule has 0 aromatic heterocycles. The number of hydrogen-bond donors (Lipinski definition) is 5. The highest BCUT2D eigenvalue weighted by atomic mass is 16.4. The number of aliphatic hydroxyl groups excluding tert-OH is 3. The monoisotopic (exact) mass is 189 g/mol. The quantitative estimate of drug-likeness (QED) is 0.301. The van der Waals surface area contributed by atoms with Crippen molar-refractivity contribution in [2.45, 2.75) is 49.3 Å². The van der Waals surface area contributed by atoms with E-state index in [1.165, 1.54) is 0 Å². The van der Waals surface area contributed by atoms with Crippen LogP contribution in [-0.2, 0) is 0 Å². The normalized spacial score (nSPS) is 56.3. The maximum atomic E-state index is 9.83. The van der Waals surface area contributed by atoms with E-state index < -0.39 is 24.0 Å². The average molecular weight is 189 g/mol. The van der Waals surface area contributed by atoms with Crippen molar-refractivity contribution in [1.29, 1.82) is 0 Å². The van der Waals surface area contributed by atoms with Gasteiger partial charge in [0.15, 0.2) is 0 Å². The molecule has 5 heteroatoms. The molecule has 76 valence electrons. The third-order valence-corrected chi connectivity index (χ3v) is 3.08. The molecule has 0 aromatic carbocycles. The Labute approximate surface area is 76.0 Å². The number of hydrogen-bond acceptors (Lipinski definition) is 5. The summed E-state index contributed by atoms with van der Waals surface area (Å²) in [6.45, 7) is 0. The van der Waals surface area contributed by atoms with Crippen molar-refractivity contribution < 1.29 is 20.4 Å². The zero-order valence-electron chi connectivity index (χ0n) is 7.22. The Morgan fingerprint density at radius 3 is 2.54 bits per heavy atom. The Morgan fingerprint density at radius 1 is 1.15 bits per heavy atom. The van der Waals surface area contributed by atoms with Gasteiger partial charge in [0, 0.05) is 6.04 Å². The number of rotatable bonds is 0. The predicted octanol–water partition coefficient (Wildman–Crippen LogP) is -2.09. The van der Waals surface area contributed by atoms with Crippen molar-refractivity contribution in [2.75, 3.05) is 0 Å². The Bertz CT molecular complexity index is 210. The molecule has 0 saturated carbocycles. The second-order valence-electron chi connectivity index (χ2n) is 3.99. The van der Waals surface area contributed by atoms with Gasteiger partial charge in [0.25, 0.3) is 0 Å². The fraction of sp³-hybridized carbons (Fsp3) is 1.00. The van der Waals surface area contributed by atoms with Gasteiger partial charge >= 0.3 is 0 Å². The van der Waals surface area contributed by atoms with Crippen molar-refractivity contribution in [3.63, 3.8) is 0 Å². The van der Waals surface area contributed by atoms with E-state index in [4.69, 9.17) is 0 Å². The molecule has 5 nitrogen and oxygen atoms in total. The highest BCUT2D eigenvalue weighted by molar-refractivity contribution is 5.04. The summed E-state index contributed by atoms with van der Waals surface area (Å²) in [4.78, 5) is 0. The van der Waals surface area contributed by atoms with E-state index in [-0.39, 0.29) is 6.04 Å². The zero-order valence-corrected chi connectivity index (χ0v) is 7.22. The van der Waals surface area contributed by atoms with Crippen LogP contribution in [0.3, 0.4) is 0 Å². The smallest absolute Gasteiger partial charge is 0.145 e. The molecule has 2 rings (SSSR count). The highest BCUT2D eigenvalue weighted by Gasteiger charge is 2.52. The van der Waals surface area contributed by atoms with Crippen molar-refractivity contribution in [1.82, 2.24) is 5.32 Å². The van der Waals surface area contributed by atoms with Gasteiger partial charge in [-0.05, 0) is 19.3 Å².